The zero-order chi connectivity index (χ0) is 89.7. The summed E-state index contributed by atoms with van der Waals surface area (Å²) in [6.45, 7) is 13.5. The monoisotopic (exact) mass is 1930 g/mol. The van der Waals surface area contributed by atoms with Crippen molar-refractivity contribution in [1.29, 1.82) is 0 Å². The molecule has 0 saturated carbocycles. The fourth-order valence-electron chi connectivity index (χ4n) is 11.5. The van der Waals surface area contributed by atoms with Gasteiger partial charge in [0.25, 0.3) is 19.2 Å². The first-order chi connectivity index (χ1) is 57.1. The standard InChI is InChI=1S/C23H26N2O2S.C21H20ClNO2S.C21H21NO3S.C9H14N2O2S.C7H7Br.C7H9NO3S.C2H7N.2CH4.Cl2OS.Na/c1-19-16-22(28(26,27)24(2)3)14-15-23(19)25(17-20-10-6-4-7-11-20)18-21-12-8-5-9-13-21;1-17-14-20(26(22,24)25)12-13-21(17)23(15-18-8-4-2-5-9-18)16-19-10-6-3-7-11-19;1-17-14-20(26(23,24)25)12-13-21(17)22(15-18-8-4-2-5-9-18)16-19-10-6-3-7-11-19;1-7-6-8(4-5-9(7)10)14(12,13)11(2)3;8-6-7-4-2-1-3-5-7;1-5-4-6(12(9,10)11)2-3-7(5)8;1-3-2;;;1-4(2)3;/h4-16H,17-18H2,1-3H3;2-14H,15-16H2,1H3;2-14H,15-16H2,1H3,(H,23,24,25);4-6H,10H2,1-3H3;1-5H,6H2;2-4H,8H2,1H3,(H,9,10,11);3H,1-2H3;2*1H4;;/q;;;;;;;;;;+1/p-1. The van der Waals surface area contributed by atoms with E-state index >= 15 is 0 Å². The number of aryl methyl sites for hydroxylation is 5. The van der Waals surface area contributed by atoms with E-state index in [0.29, 0.717) is 34.9 Å². The van der Waals surface area contributed by atoms with E-state index in [-0.39, 0.29) is 64.0 Å². The molecule has 6 N–H and O–H groups in total. The number of hydrogen-bond acceptors (Lipinski definition) is 18. The molecule has 662 valence electrons. The summed E-state index contributed by atoms with van der Waals surface area (Å²) in [7, 11) is 3.63. The van der Waals surface area contributed by atoms with E-state index in [1.165, 1.54) is 86.9 Å². The van der Waals surface area contributed by atoms with Crippen LogP contribution in [-0.4, -0.2) is 106 Å². The van der Waals surface area contributed by atoms with E-state index in [0.717, 1.165) is 82.0 Å². The van der Waals surface area contributed by atoms with Crippen molar-refractivity contribution < 1.29 is 85.0 Å². The van der Waals surface area contributed by atoms with Gasteiger partial charge < -0.3 is 36.0 Å². The normalized spacial score (nSPS) is 10.8. The summed E-state index contributed by atoms with van der Waals surface area (Å²) in [5.74, 6) is 0. The Morgan fingerprint density at radius 3 is 0.774 bits per heavy atom. The van der Waals surface area contributed by atoms with Gasteiger partial charge in [0.1, 0.15) is 10.1 Å². The second-order valence-corrected chi connectivity index (χ2v) is 40.4. The van der Waals surface area contributed by atoms with E-state index in [1.54, 1.807) is 70.4 Å². The Bertz CT molecular complexity index is 5540. The van der Waals surface area contributed by atoms with Crippen LogP contribution in [0.4, 0.5) is 28.4 Å². The van der Waals surface area contributed by atoms with Crippen LogP contribution in [0.3, 0.4) is 0 Å². The predicted octanol–water partition coefficient (Wildman–Crippen LogP) is 17.1. The number of nitrogen functional groups attached to an aromatic ring is 2. The topological polar surface area (TPSA) is 311 Å². The van der Waals surface area contributed by atoms with Gasteiger partial charge in [0.05, 0.1) is 24.5 Å². The van der Waals surface area contributed by atoms with Crippen molar-refractivity contribution in [3.05, 3.63) is 370 Å². The van der Waals surface area contributed by atoms with Crippen LogP contribution in [0.1, 0.15) is 81.6 Å². The van der Waals surface area contributed by atoms with Crippen molar-refractivity contribution in [2.75, 3.05) is 68.5 Å². The van der Waals surface area contributed by atoms with Crippen molar-refractivity contribution in [2.24, 2.45) is 0 Å². The molecule has 0 unspecified atom stereocenters. The van der Waals surface area contributed by atoms with Gasteiger partial charge in [0, 0.05) is 133 Å². The fourth-order valence-corrected chi connectivity index (χ4v) is 15.8. The molecule has 12 aromatic rings. The largest absolute Gasteiger partial charge is 1.00 e. The van der Waals surface area contributed by atoms with Crippen LogP contribution >= 0.6 is 48.0 Å². The molecule has 21 nitrogen and oxygen atoms in total. The summed E-state index contributed by atoms with van der Waals surface area (Å²) in [6, 6.07) is 95.1. The number of nitrogens with zero attached hydrogens (tertiary/aromatic N) is 5. The molecular formula is C92H111BrCl3N8NaO13S6. The minimum Gasteiger partial charge on any atom is -0.744 e. The molecule has 0 spiro atoms. The van der Waals surface area contributed by atoms with Crippen molar-refractivity contribution in [1.82, 2.24) is 13.9 Å². The van der Waals surface area contributed by atoms with Gasteiger partial charge in [-0.1, -0.05) is 243 Å². The molecule has 12 aromatic carbocycles. The zero-order valence-electron chi connectivity index (χ0n) is 70.0. The van der Waals surface area contributed by atoms with E-state index in [2.05, 4.69) is 142 Å². The van der Waals surface area contributed by atoms with Crippen molar-refractivity contribution in [2.45, 2.75) is 119 Å². The molecule has 0 fully saturated rings. The number of nitrogens with one attached hydrogen (secondary N) is 1. The van der Waals surface area contributed by atoms with Crippen molar-refractivity contribution >= 4 is 135 Å². The summed E-state index contributed by atoms with van der Waals surface area (Å²) in [5, 5.41) is 3.70. The van der Waals surface area contributed by atoms with Gasteiger partial charge in [-0.05, 0) is 206 Å². The molecule has 12 rings (SSSR count). The minimum absolute atomic E-state index is 0. The summed E-state index contributed by atoms with van der Waals surface area (Å²) in [6.07, 6.45) is 0. The number of sulfonamides is 2. The molecule has 0 aliphatic rings. The predicted molar refractivity (Wildman–Crippen MR) is 513 cm³/mol. The molecule has 32 heteroatoms. The smallest absolute Gasteiger partial charge is 0.744 e. The van der Waals surface area contributed by atoms with Gasteiger partial charge in [-0.25, -0.2) is 46.5 Å². The number of benzene rings is 12. The molecule has 0 saturated heterocycles. The maximum Gasteiger partial charge on any atom is 1.00 e. The average molecular weight is 1940 g/mol. The SMILES string of the molecule is BrCc1ccccc1.C.C.CNC.Cc1cc(S(=O)(=O)Cl)ccc1N(Cc1ccccc1)Cc1ccccc1.Cc1cc(S(=O)(=O)N(C)C)ccc1N.Cc1cc(S(=O)(=O)N(C)C)ccc1N(Cc1ccccc1)Cc1ccccc1.Cc1cc(S(=O)(=O)O)ccc1N.Cc1cc(S(=O)(=O)[O-])ccc1N(Cc1ccccc1)Cc1ccccc1.O=S(Cl)Cl.[Na+]. The van der Waals surface area contributed by atoms with Gasteiger partial charge in [0.15, 0.2) is 0 Å². The second kappa shape index (κ2) is 55.3. The molecule has 0 radical (unpaired) electrons. The molecular weight excluding hydrogens is 1830 g/mol. The maximum absolute atomic E-state index is 12.5. The molecule has 0 atom stereocenters. The molecule has 0 amide bonds. The first kappa shape index (κ1) is 112. The van der Waals surface area contributed by atoms with Gasteiger partial charge in [0.2, 0.25) is 29.3 Å². The Morgan fingerprint density at radius 1 is 0.363 bits per heavy atom. The average Bonchev–Trinajstić information content (AvgIpc) is 0.820. The molecule has 0 aliphatic carbocycles. The van der Waals surface area contributed by atoms with Crippen molar-refractivity contribution in [3.8, 4) is 0 Å². The number of rotatable bonds is 23. The Hall–Kier alpha value is -8.31. The summed E-state index contributed by atoms with van der Waals surface area (Å²) >= 11 is 3.36. The Morgan fingerprint density at radius 2 is 0.565 bits per heavy atom. The fraction of sp³-hybridized carbons (Fsp3) is 0.217. The first-order valence-corrected chi connectivity index (χ1v) is 49.2. The first-order valence-electron chi connectivity index (χ1n) is 37.3. The van der Waals surface area contributed by atoms with E-state index < -0.39 is 58.6 Å². The summed E-state index contributed by atoms with van der Waals surface area (Å²) < 4.78 is 147. The number of halogens is 4. The number of nitrogens with two attached hydrogens (primary N) is 2. The van der Waals surface area contributed by atoms with Crippen molar-refractivity contribution in [3.63, 3.8) is 0 Å². The van der Waals surface area contributed by atoms with Crippen LogP contribution in [0.2, 0.25) is 0 Å². The molecule has 0 heterocycles. The zero-order valence-corrected chi connectivity index (χ0v) is 80.8. The third kappa shape index (κ3) is 38.9. The maximum atomic E-state index is 12.5. The third-order valence-corrected chi connectivity index (χ3v) is 25.0. The summed E-state index contributed by atoms with van der Waals surface area (Å²) in [4.78, 5) is 7.09. The summed E-state index contributed by atoms with van der Waals surface area (Å²) in [5.41, 5.74) is 27.5. The van der Waals surface area contributed by atoms with Gasteiger partial charge in [-0.2, -0.15) is 8.42 Å². The minimum atomic E-state index is -4.45. The quantitative estimate of drug-likeness (QED) is 0.0152. The number of hydrogen-bond donors (Lipinski definition) is 4. The van der Waals surface area contributed by atoms with Crippen LogP contribution in [0.5, 0.6) is 0 Å². The molecule has 124 heavy (non-hydrogen) atoms. The van der Waals surface area contributed by atoms with Crippen LogP contribution in [-0.2, 0) is 103 Å². The molecule has 0 bridgehead atoms. The van der Waals surface area contributed by atoms with Gasteiger partial charge in [-0.3, -0.25) is 4.55 Å². The van der Waals surface area contributed by atoms with Gasteiger partial charge >= 0.3 is 29.6 Å². The van der Waals surface area contributed by atoms with Crippen LogP contribution in [0.15, 0.2) is 328 Å². The second-order valence-electron chi connectivity index (χ2n) is 27.6. The Labute approximate surface area is 783 Å². The van der Waals surface area contributed by atoms with E-state index in [9.17, 15) is 46.6 Å². The Balaban J connectivity index is 0.000000512. The Kier molecular flexibility index (Phi) is 49.9. The number of anilines is 5. The van der Waals surface area contributed by atoms with Crippen LogP contribution in [0, 0.1) is 34.6 Å². The molecule has 0 aliphatic heterocycles. The van der Waals surface area contributed by atoms with E-state index in [4.69, 9.17) is 30.9 Å². The van der Waals surface area contributed by atoms with Crippen LogP contribution in [0.25, 0.3) is 0 Å². The molecule has 0 aromatic heterocycles. The van der Waals surface area contributed by atoms with Gasteiger partial charge in [-0.15, -0.1) is 0 Å². The van der Waals surface area contributed by atoms with Crippen LogP contribution < -0.4 is 61.0 Å². The third-order valence-electron chi connectivity index (χ3n) is 17.7. The number of alkyl halides is 1. The van der Waals surface area contributed by atoms with E-state index in [1.807, 2.05) is 174 Å².